The van der Waals surface area contributed by atoms with Crippen LogP contribution in [0.5, 0.6) is 0 Å². The third-order valence-corrected chi connectivity index (χ3v) is 1.64. The normalized spacial score (nSPS) is 14.7. The van der Waals surface area contributed by atoms with E-state index in [-0.39, 0.29) is 0 Å². The van der Waals surface area contributed by atoms with Crippen molar-refractivity contribution in [2.45, 2.75) is 30.5 Å². The van der Waals surface area contributed by atoms with E-state index in [1.165, 1.54) is 0 Å². The van der Waals surface area contributed by atoms with E-state index in [1.54, 1.807) is 0 Å². The number of hydrogen-bond acceptors (Lipinski definition) is 4. The van der Waals surface area contributed by atoms with Gasteiger partial charge in [-0.2, -0.15) is 39.5 Å². The molecule has 4 nitrogen and oxygen atoms in total. The van der Waals surface area contributed by atoms with Crippen LogP contribution in [0.25, 0.3) is 0 Å². The van der Waals surface area contributed by atoms with Crippen molar-refractivity contribution in [3.05, 3.63) is 0 Å². The molecule has 0 heterocycles. The fourth-order valence-corrected chi connectivity index (χ4v) is 0.879. The predicted octanol–water partition coefficient (Wildman–Crippen LogP) is 4.02. The Kier molecular flexibility index (Phi) is 5.14. The van der Waals surface area contributed by atoms with Crippen molar-refractivity contribution in [1.29, 1.82) is 0 Å². The lowest BCUT2D eigenvalue weighted by Gasteiger charge is -2.36. The van der Waals surface area contributed by atoms with Crippen molar-refractivity contribution in [3.8, 4) is 0 Å². The van der Waals surface area contributed by atoms with Crippen molar-refractivity contribution in [1.82, 2.24) is 0 Å². The minimum atomic E-state index is -7.32. The summed E-state index contributed by atoms with van der Waals surface area (Å²) in [5.41, 5.74) is -7.11. The molecule has 132 valence electrons. The van der Waals surface area contributed by atoms with Crippen LogP contribution in [0.4, 0.5) is 57.5 Å². The van der Waals surface area contributed by atoms with Gasteiger partial charge in [0.2, 0.25) is 0 Å². The second kappa shape index (κ2) is 5.54. The first-order valence-corrected chi connectivity index (χ1v) is 4.21. The van der Waals surface area contributed by atoms with Gasteiger partial charge in [-0.05, 0) is 0 Å². The second-order valence-corrected chi connectivity index (χ2v) is 3.14. The van der Waals surface area contributed by atoms with Crippen LogP contribution in [0.15, 0.2) is 0 Å². The zero-order valence-corrected chi connectivity index (χ0v) is 9.17. The fourth-order valence-electron chi connectivity index (χ4n) is 0.879. The van der Waals surface area contributed by atoms with E-state index in [9.17, 15) is 57.5 Å². The van der Waals surface area contributed by atoms with E-state index in [0.29, 0.717) is 0 Å². The van der Waals surface area contributed by atoms with E-state index < -0.39 is 36.6 Å². The van der Waals surface area contributed by atoms with Gasteiger partial charge in [-0.1, -0.05) is 4.89 Å². The van der Waals surface area contributed by atoms with Crippen LogP contribution in [0, 0.1) is 0 Å². The van der Waals surface area contributed by atoms with E-state index >= 15 is 0 Å². The molecule has 0 rings (SSSR count). The average molecular weight is 364 g/mol. The maximum absolute atomic E-state index is 12.2. The lowest BCUT2D eigenvalue weighted by Crippen LogP contribution is -2.68. The number of carbonyl (C=O) groups is 1. The summed E-state index contributed by atoms with van der Waals surface area (Å²) < 4.78 is 146. The molecule has 0 atom stereocenters. The molecule has 0 fully saturated rings. The topological polar surface area (TPSA) is 44.8 Å². The Labute approximate surface area is 110 Å². The van der Waals surface area contributed by atoms with Gasteiger partial charge in [0.25, 0.3) is 0 Å². The molecular formula is C6F12O4. The molecule has 0 saturated heterocycles. The van der Waals surface area contributed by atoms with Crippen molar-refractivity contribution in [2.75, 3.05) is 0 Å². The molecule has 0 aliphatic carbocycles. The standard InChI is InChI=1S/C6F12O4/c7-3(8,9)2(4(10,11)12,5(13,14)15)20-1(19)21-22-6(16,17)18. The van der Waals surface area contributed by atoms with Gasteiger partial charge in [0.05, 0.1) is 0 Å². The lowest BCUT2D eigenvalue weighted by molar-refractivity contribution is -0.480. The number of ether oxygens (including phenoxy) is 1. The van der Waals surface area contributed by atoms with Crippen molar-refractivity contribution < 1.29 is 72.0 Å². The van der Waals surface area contributed by atoms with E-state index in [0.717, 1.165) is 0 Å². The van der Waals surface area contributed by atoms with Gasteiger partial charge in [0, 0.05) is 0 Å². The highest BCUT2D eigenvalue weighted by atomic mass is 19.4. The summed E-state index contributed by atoms with van der Waals surface area (Å²) in [5, 5.41) is 0. The quantitative estimate of drug-likeness (QED) is 0.321. The highest BCUT2D eigenvalue weighted by Crippen LogP contribution is 2.55. The SMILES string of the molecule is O=C(OOC(F)(F)F)OC(C(F)(F)F)(C(F)(F)F)C(F)(F)F. The third kappa shape index (κ3) is 4.20. The van der Waals surface area contributed by atoms with Gasteiger partial charge in [-0.3, -0.25) is 4.89 Å². The summed E-state index contributed by atoms with van der Waals surface area (Å²) >= 11 is 0. The summed E-state index contributed by atoms with van der Waals surface area (Å²) in [5.74, 6) is 0. The molecule has 0 aliphatic heterocycles. The fraction of sp³-hybridized carbons (Fsp3) is 0.833. The van der Waals surface area contributed by atoms with E-state index in [4.69, 9.17) is 0 Å². The summed E-state index contributed by atoms with van der Waals surface area (Å²) in [4.78, 5) is 14.5. The van der Waals surface area contributed by atoms with Crippen LogP contribution < -0.4 is 0 Å². The van der Waals surface area contributed by atoms with Crippen molar-refractivity contribution >= 4 is 6.16 Å². The highest BCUT2D eigenvalue weighted by molar-refractivity contribution is 5.60. The first kappa shape index (κ1) is 20.4. The number of hydrogen-bond donors (Lipinski definition) is 0. The second-order valence-electron chi connectivity index (χ2n) is 3.14. The molecule has 16 heteroatoms. The largest absolute Gasteiger partial charge is 0.558 e. The maximum atomic E-state index is 12.2. The van der Waals surface area contributed by atoms with Crippen LogP contribution in [0.1, 0.15) is 0 Å². The molecule has 0 amide bonds. The van der Waals surface area contributed by atoms with Crippen molar-refractivity contribution in [3.63, 3.8) is 0 Å². The summed E-state index contributed by atoms with van der Waals surface area (Å²) in [6.07, 6.45) is -31.6. The summed E-state index contributed by atoms with van der Waals surface area (Å²) in [7, 11) is 0. The van der Waals surface area contributed by atoms with Crippen LogP contribution in [0.3, 0.4) is 0 Å². The third-order valence-electron chi connectivity index (χ3n) is 1.64. The molecule has 0 saturated carbocycles. The average Bonchev–Trinajstić information content (AvgIpc) is 2.16. The van der Waals surface area contributed by atoms with Crippen LogP contribution in [-0.4, -0.2) is 36.6 Å². The zero-order valence-electron chi connectivity index (χ0n) is 9.17. The van der Waals surface area contributed by atoms with Gasteiger partial charge in [-0.15, -0.1) is 13.2 Å². The Bertz CT molecular complexity index is 364. The van der Waals surface area contributed by atoms with Gasteiger partial charge < -0.3 is 4.74 Å². The molecular weight excluding hydrogens is 364 g/mol. The van der Waals surface area contributed by atoms with Gasteiger partial charge >= 0.3 is 36.6 Å². The summed E-state index contributed by atoms with van der Waals surface area (Å²) in [6, 6.07) is 0. The lowest BCUT2D eigenvalue weighted by atomic mass is 10.0. The monoisotopic (exact) mass is 364 g/mol. The van der Waals surface area contributed by atoms with Gasteiger partial charge in [0.1, 0.15) is 0 Å². The first-order chi connectivity index (χ1) is 9.35. The Morgan fingerprint density at radius 2 is 0.955 bits per heavy atom. The highest BCUT2D eigenvalue weighted by Gasteiger charge is 2.87. The molecule has 0 aromatic carbocycles. The molecule has 0 bridgehead atoms. The summed E-state index contributed by atoms with van der Waals surface area (Å²) in [6.45, 7) is 0. The Morgan fingerprint density at radius 3 is 1.18 bits per heavy atom. The van der Waals surface area contributed by atoms with Gasteiger partial charge in [-0.25, -0.2) is 4.79 Å². The molecule has 0 spiro atoms. The zero-order chi connectivity index (χ0) is 18.2. The molecule has 0 radical (unpaired) electrons. The van der Waals surface area contributed by atoms with E-state index in [1.807, 2.05) is 4.89 Å². The predicted molar refractivity (Wildman–Crippen MR) is 35.6 cm³/mol. The van der Waals surface area contributed by atoms with Crippen molar-refractivity contribution in [2.24, 2.45) is 0 Å². The Balaban J connectivity index is 5.68. The minimum absolute atomic E-state index is 2.00. The minimum Gasteiger partial charge on any atom is -0.397 e. The maximum Gasteiger partial charge on any atom is 0.558 e. The molecule has 0 N–H and O–H groups in total. The number of halogens is 12. The van der Waals surface area contributed by atoms with E-state index in [2.05, 4.69) is 9.62 Å². The Hall–Kier alpha value is -1.61. The molecule has 22 heavy (non-hydrogen) atoms. The smallest absolute Gasteiger partial charge is 0.397 e. The molecule has 0 aromatic heterocycles. The Morgan fingerprint density at radius 1 is 0.636 bits per heavy atom. The molecule has 0 aliphatic rings. The van der Waals surface area contributed by atoms with Gasteiger partial charge in [0.15, 0.2) is 0 Å². The number of rotatable bonds is 2. The molecule has 0 aromatic rings. The first-order valence-electron chi connectivity index (χ1n) is 4.21. The number of alkyl halides is 12. The van der Waals surface area contributed by atoms with Crippen LogP contribution >= 0.6 is 0 Å². The van der Waals surface area contributed by atoms with Crippen LogP contribution in [0.2, 0.25) is 0 Å². The van der Waals surface area contributed by atoms with Crippen LogP contribution in [-0.2, 0) is 14.5 Å². The number of carbonyl (C=O) groups excluding carboxylic acids is 1. The molecule has 0 unspecified atom stereocenters.